The van der Waals surface area contributed by atoms with Gasteiger partial charge in [-0.3, -0.25) is 29.3 Å². The van der Waals surface area contributed by atoms with Gasteiger partial charge >= 0.3 is 5.69 Å². The van der Waals surface area contributed by atoms with Gasteiger partial charge in [-0.05, 0) is 38.8 Å². The van der Waals surface area contributed by atoms with Crippen LogP contribution < -0.4 is 10.6 Å². The Balaban J connectivity index is 1.43. The van der Waals surface area contributed by atoms with E-state index >= 15 is 0 Å². The SMILES string of the molecule is Cc1nn(CC(=O)NC2CCN(CC(=O)Nc3ccccc3)CC2)c(C)c1[N+](=O)[O-]. The van der Waals surface area contributed by atoms with Gasteiger partial charge in [-0.2, -0.15) is 5.10 Å². The number of piperidine rings is 1. The maximum absolute atomic E-state index is 12.4. The second-order valence-corrected chi connectivity index (χ2v) is 7.47. The maximum Gasteiger partial charge on any atom is 0.312 e. The Morgan fingerprint density at radius 3 is 2.40 bits per heavy atom. The predicted octanol–water partition coefficient (Wildman–Crippen LogP) is 1.63. The molecule has 0 unspecified atom stereocenters. The van der Waals surface area contributed by atoms with Gasteiger partial charge < -0.3 is 10.6 Å². The van der Waals surface area contributed by atoms with Crippen LogP contribution in [-0.2, 0) is 16.1 Å². The van der Waals surface area contributed by atoms with E-state index in [1.807, 2.05) is 30.3 Å². The molecule has 1 aliphatic heterocycles. The number of rotatable bonds is 7. The van der Waals surface area contributed by atoms with Crippen LogP contribution in [0.4, 0.5) is 11.4 Å². The highest BCUT2D eigenvalue weighted by atomic mass is 16.6. The lowest BCUT2D eigenvalue weighted by atomic mass is 10.0. The summed E-state index contributed by atoms with van der Waals surface area (Å²) in [7, 11) is 0. The molecule has 2 N–H and O–H groups in total. The van der Waals surface area contributed by atoms with Crippen LogP contribution in [0.1, 0.15) is 24.2 Å². The van der Waals surface area contributed by atoms with E-state index < -0.39 is 4.92 Å². The molecular formula is C20H26N6O4. The second kappa shape index (κ2) is 9.49. The molecule has 1 aromatic carbocycles. The molecule has 2 heterocycles. The number of para-hydroxylation sites is 1. The van der Waals surface area contributed by atoms with Gasteiger partial charge in [-0.15, -0.1) is 0 Å². The standard InChI is InChI=1S/C20H26N6O4/c1-14-20(26(29)30)15(2)25(23-14)13-19(28)22-17-8-10-24(11-9-17)12-18(27)21-16-6-4-3-5-7-16/h3-7,17H,8-13H2,1-2H3,(H,21,27)(H,22,28). The molecule has 0 aliphatic carbocycles. The predicted molar refractivity (Wildman–Crippen MR) is 111 cm³/mol. The smallest absolute Gasteiger partial charge is 0.312 e. The molecule has 2 amide bonds. The second-order valence-electron chi connectivity index (χ2n) is 7.47. The summed E-state index contributed by atoms with van der Waals surface area (Å²) in [5.41, 5.74) is 1.39. The number of anilines is 1. The van der Waals surface area contributed by atoms with Gasteiger partial charge in [0.15, 0.2) is 0 Å². The zero-order chi connectivity index (χ0) is 21.7. The fourth-order valence-corrected chi connectivity index (χ4v) is 3.68. The number of hydrogen-bond donors (Lipinski definition) is 2. The number of hydrogen-bond acceptors (Lipinski definition) is 6. The molecule has 2 aromatic rings. The van der Waals surface area contributed by atoms with E-state index in [0.29, 0.717) is 31.0 Å². The van der Waals surface area contributed by atoms with E-state index in [4.69, 9.17) is 0 Å². The van der Waals surface area contributed by atoms with Crippen molar-refractivity contribution in [3.8, 4) is 0 Å². The molecule has 0 spiro atoms. The first-order valence-electron chi connectivity index (χ1n) is 9.88. The van der Waals surface area contributed by atoms with Gasteiger partial charge in [0.25, 0.3) is 0 Å². The normalized spacial score (nSPS) is 15.0. The lowest BCUT2D eigenvalue weighted by Crippen LogP contribution is -2.47. The van der Waals surface area contributed by atoms with Crippen LogP contribution in [-0.4, -0.2) is 57.1 Å². The minimum atomic E-state index is -0.476. The van der Waals surface area contributed by atoms with Gasteiger partial charge in [0, 0.05) is 24.8 Å². The summed E-state index contributed by atoms with van der Waals surface area (Å²) in [6.07, 6.45) is 1.48. The zero-order valence-corrected chi connectivity index (χ0v) is 17.1. The van der Waals surface area contributed by atoms with Crippen LogP contribution in [0, 0.1) is 24.0 Å². The number of nitrogens with zero attached hydrogens (tertiary/aromatic N) is 4. The van der Waals surface area contributed by atoms with Crippen molar-refractivity contribution in [2.75, 3.05) is 25.0 Å². The van der Waals surface area contributed by atoms with Crippen LogP contribution in [0.25, 0.3) is 0 Å². The van der Waals surface area contributed by atoms with Gasteiger partial charge in [-0.1, -0.05) is 18.2 Å². The lowest BCUT2D eigenvalue weighted by molar-refractivity contribution is -0.386. The fraction of sp³-hybridized carbons (Fsp3) is 0.450. The Morgan fingerprint density at radius 1 is 1.13 bits per heavy atom. The molecule has 10 nitrogen and oxygen atoms in total. The van der Waals surface area contributed by atoms with Crippen molar-refractivity contribution < 1.29 is 14.5 Å². The number of amides is 2. The largest absolute Gasteiger partial charge is 0.352 e. The van der Waals surface area contributed by atoms with Crippen LogP contribution in [0.3, 0.4) is 0 Å². The summed E-state index contributed by atoms with van der Waals surface area (Å²) >= 11 is 0. The Kier molecular flexibility index (Phi) is 6.78. The van der Waals surface area contributed by atoms with Crippen molar-refractivity contribution in [3.63, 3.8) is 0 Å². The number of carbonyl (C=O) groups is 2. The highest BCUT2D eigenvalue weighted by Crippen LogP contribution is 2.21. The number of likely N-dealkylation sites (tertiary alicyclic amines) is 1. The molecule has 3 rings (SSSR count). The van der Waals surface area contributed by atoms with Crippen LogP contribution in [0.5, 0.6) is 0 Å². The molecule has 1 aliphatic rings. The summed E-state index contributed by atoms with van der Waals surface area (Å²) < 4.78 is 1.37. The van der Waals surface area contributed by atoms with Gasteiger partial charge in [0.2, 0.25) is 11.8 Å². The quantitative estimate of drug-likeness (QED) is 0.524. The average Bonchev–Trinajstić information content (AvgIpc) is 2.97. The minimum Gasteiger partial charge on any atom is -0.352 e. The Hall–Kier alpha value is -3.27. The number of aryl methyl sites for hydroxylation is 1. The fourth-order valence-electron chi connectivity index (χ4n) is 3.68. The average molecular weight is 414 g/mol. The molecule has 0 bridgehead atoms. The molecule has 30 heavy (non-hydrogen) atoms. The first kappa shape index (κ1) is 21.4. The minimum absolute atomic E-state index is 0.0119. The van der Waals surface area contributed by atoms with Crippen LogP contribution in [0.15, 0.2) is 30.3 Å². The van der Waals surface area contributed by atoms with E-state index in [0.717, 1.165) is 18.5 Å². The summed E-state index contributed by atoms with van der Waals surface area (Å²) in [5.74, 6) is -0.287. The summed E-state index contributed by atoms with van der Waals surface area (Å²) in [6, 6.07) is 9.33. The third-order valence-electron chi connectivity index (χ3n) is 5.20. The maximum atomic E-state index is 12.4. The Labute approximate surface area is 174 Å². The van der Waals surface area contributed by atoms with Crippen molar-refractivity contribution in [2.45, 2.75) is 39.3 Å². The topological polar surface area (TPSA) is 122 Å². The first-order chi connectivity index (χ1) is 14.3. The highest BCUT2D eigenvalue weighted by molar-refractivity contribution is 5.92. The van der Waals surface area contributed by atoms with Crippen molar-refractivity contribution in [1.29, 1.82) is 0 Å². The molecule has 0 radical (unpaired) electrons. The number of nitro groups is 1. The van der Waals surface area contributed by atoms with E-state index in [2.05, 4.69) is 20.6 Å². The molecule has 1 aromatic heterocycles. The van der Waals surface area contributed by atoms with Gasteiger partial charge in [0.05, 0.1) is 11.5 Å². The van der Waals surface area contributed by atoms with E-state index in [1.165, 1.54) is 4.68 Å². The monoisotopic (exact) mass is 414 g/mol. The summed E-state index contributed by atoms with van der Waals surface area (Å²) in [5, 5.41) is 21.0. The zero-order valence-electron chi connectivity index (χ0n) is 17.1. The molecule has 10 heteroatoms. The number of benzene rings is 1. The van der Waals surface area contributed by atoms with Crippen molar-refractivity contribution in [3.05, 3.63) is 51.8 Å². The van der Waals surface area contributed by atoms with Gasteiger partial charge in [0.1, 0.15) is 17.9 Å². The first-order valence-corrected chi connectivity index (χ1v) is 9.88. The summed E-state index contributed by atoms with van der Waals surface area (Å²) in [4.78, 5) is 37.2. The van der Waals surface area contributed by atoms with Crippen molar-refractivity contribution in [2.24, 2.45) is 0 Å². The van der Waals surface area contributed by atoms with Crippen molar-refractivity contribution >= 4 is 23.2 Å². The molecule has 0 atom stereocenters. The Morgan fingerprint density at radius 2 is 1.80 bits per heavy atom. The molecule has 160 valence electrons. The summed E-state index contributed by atoms with van der Waals surface area (Å²) in [6.45, 7) is 4.82. The molecule has 0 saturated carbocycles. The molecule has 1 fully saturated rings. The van der Waals surface area contributed by atoms with Crippen molar-refractivity contribution in [1.82, 2.24) is 20.0 Å². The highest BCUT2D eigenvalue weighted by Gasteiger charge is 2.25. The third kappa shape index (κ3) is 5.41. The molecule has 1 saturated heterocycles. The van der Waals surface area contributed by atoms with E-state index in [9.17, 15) is 19.7 Å². The number of nitrogens with one attached hydrogen (secondary N) is 2. The lowest BCUT2D eigenvalue weighted by Gasteiger charge is -2.31. The third-order valence-corrected chi connectivity index (χ3v) is 5.20. The Bertz CT molecular complexity index is 919. The molecular weight excluding hydrogens is 388 g/mol. The van der Waals surface area contributed by atoms with Crippen LogP contribution in [0.2, 0.25) is 0 Å². The van der Waals surface area contributed by atoms with Crippen LogP contribution >= 0.6 is 0 Å². The van der Waals surface area contributed by atoms with Gasteiger partial charge in [-0.25, -0.2) is 0 Å². The number of aromatic nitrogens is 2. The number of carbonyl (C=O) groups excluding carboxylic acids is 2. The van der Waals surface area contributed by atoms with E-state index in [-0.39, 0.29) is 30.1 Å². The van der Waals surface area contributed by atoms with E-state index in [1.54, 1.807) is 13.8 Å².